The second-order valence-electron chi connectivity index (χ2n) is 9.55. The van der Waals surface area contributed by atoms with E-state index in [2.05, 4.69) is 5.32 Å². The maximum Gasteiger partial charge on any atom is 0.416 e. The number of likely N-dealkylation sites (tertiary alicyclic amines) is 1. The summed E-state index contributed by atoms with van der Waals surface area (Å²) < 4.78 is 38.9. The van der Waals surface area contributed by atoms with Crippen molar-refractivity contribution in [2.24, 2.45) is 0 Å². The second kappa shape index (κ2) is 10.8. The van der Waals surface area contributed by atoms with E-state index in [0.717, 1.165) is 24.2 Å². The molecule has 0 unspecified atom stereocenters. The first-order valence-electron chi connectivity index (χ1n) is 12.5. The summed E-state index contributed by atoms with van der Waals surface area (Å²) >= 11 is 0. The Morgan fingerprint density at radius 2 is 1.73 bits per heavy atom. The quantitative estimate of drug-likeness (QED) is 0.608. The molecule has 7 nitrogen and oxygen atoms in total. The number of carbonyl (C=O) groups is 3. The van der Waals surface area contributed by atoms with Crippen LogP contribution < -0.4 is 10.2 Å². The highest BCUT2D eigenvalue weighted by Crippen LogP contribution is 2.39. The van der Waals surface area contributed by atoms with Crippen LogP contribution in [-0.2, 0) is 27.1 Å². The van der Waals surface area contributed by atoms with Crippen molar-refractivity contribution in [2.75, 3.05) is 31.2 Å². The normalized spacial score (nSPS) is 17.4. The lowest BCUT2D eigenvalue weighted by Crippen LogP contribution is -2.57. The van der Waals surface area contributed by atoms with Crippen LogP contribution in [0, 0.1) is 0 Å². The molecule has 10 heteroatoms. The van der Waals surface area contributed by atoms with E-state index in [1.807, 2.05) is 42.2 Å². The molecule has 2 aromatic carbocycles. The summed E-state index contributed by atoms with van der Waals surface area (Å²) in [6.45, 7) is 2.81. The number of carbonyl (C=O) groups excluding carboxylic acids is 3. The van der Waals surface area contributed by atoms with Crippen molar-refractivity contribution in [1.82, 2.24) is 15.1 Å². The molecule has 0 bridgehead atoms. The molecule has 0 saturated carbocycles. The molecule has 2 fully saturated rings. The van der Waals surface area contributed by atoms with E-state index in [0.29, 0.717) is 37.9 Å². The van der Waals surface area contributed by atoms with E-state index in [9.17, 15) is 27.6 Å². The van der Waals surface area contributed by atoms with E-state index >= 15 is 0 Å². The Labute approximate surface area is 214 Å². The summed E-state index contributed by atoms with van der Waals surface area (Å²) in [5, 5.41) is 2.64. The molecule has 0 atom stereocenters. The van der Waals surface area contributed by atoms with Crippen LogP contribution in [0.3, 0.4) is 0 Å². The summed E-state index contributed by atoms with van der Waals surface area (Å²) in [5.74, 6) is -0.542. The number of piperidine rings is 1. The first kappa shape index (κ1) is 26.5. The summed E-state index contributed by atoms with van der Waals surface area (Å²) in [4.78, 5) is 44.1. The van der Waals surface area contributed by atoms with Gasteiger partial charge in [0, 0.05) is 31.7 Å². The van der Waals surface area contributed by atoms with E-state index in [-0.39, 0.29) is 31.6 Å². The zero-order valence-electron chi connectivity index (χ0n) is 20.8. The van der Waals surface area contributed by atoms with Gasteiger partial charge in [0.1, 0.15) is 12.1 Å². The van der Waals surface area contributed by atoms with Crippen LogP contribution in [0.15, 0.2) is 54.6 Å². The van der Waals surface area contributed by atoms with Gasteiger partial charge in [-0.15, -0.1) is 0 Å². The van der Waals surface area contributed by atoms with Crippen LogP contribution in [0.25, 0.3) is 0 Å². The fourth-order valence-electron chi connectivity index (χ4n) is 5.11. The van der Waals surface area contributed by atoms with Crippen molar-refractivity contribution >= 4 is 23.4 Å². The van der Waals surface area contributed by atoms with Gasteiger partial charge in [0.25, 0.3) is 5.91 Å². The molecule has 37 heavy (non-hydrogen) atoms. The summed E-state index contributed by atoms with van der Waals surface area (Å²) in [6.07, 6.45) is -2.31. The predicted octanol–water partition coefficient (Wildman–Crippen LogP) is 3.79. The number of hydrogen-bond donors (Lipinski definition) is 1. The third-order valence-corrected chi connectivity index (χ3v) is 7.07. The van der Waals surface area contributed by atoms with Crippen LogP contribution in [0.4, 0.5) is 18.9 Å². The Bertz CT molecular complexity index is 1130. The van der Waals surface area contributed by atoms with Crippen LogP contribution >= 0.6 is 0 Å². The average Bonchev–Trinajstić information content (AvgIpc) is 3.14. The highest BCUT2D eigenvalue weighted by Gasteiger charge is 2.54. The first-order chi connectivity index (χ1) is 17.6. The van der Waals surface area contributed by atoms with Gasteiger partial charge in [-0.3, -0.25) is 14.4 Å². The van der Waals surface area contributed by atoms with Gasteiger partial charge >= 0.3 is 6.18 Å². The van der Waals surface area contributed by atoms with Crippen LogP contribution in [-0.4, -0.2) is 59.4 Å². The lowest BCUT2D eigenvalue weighted by molar-refractivity contribution is -0.140. The Kier molecular flexibility index (Phi) is 7.75. The van der Waals surface area contributed by atoms with E-state index in [4.69, 9.17) is 0 Å². The third kappa shape index (κ3) is 5.73. The molecule has 3 amide bonds. The van der Waals surface area contributed by atoms with Gasteiger partial charge in [0.2, 0.25) is 11.8 Å². The third-order valence-electron chi connectivity index (χ3n) is 7.07. The number of nitrogens with zero attached hydrogens (tertiary/aromatic N) is 3. The zero-order valence-corrected chi connectivity index (χ0v) is 20.8. The molecule has 1 spiro atoms. The number of hydrogen-bond acceptors (Lipinski definition) is 4. The minimum absolute atomic E-state index is 0.0766. The van der Waals surface area contributed by atoms with Crippen LogP contribution in [0.5, 0.6) is 0 Å². The highest BCUT2D eigenvalue weighted by atomic mass is 19.4. The lowest BCUT2D eigenvalue weighted by Gasteiger charge is -2.43. The average molecular weight is 517 g/mol. The molecule has 0 aromatic heterocycles. The van der Waals surface area contributed by atoms with Gasteiger partial charge in [0.05, 0.1) is 12.2 Å². The van der Waals surface area contributed by atoms with Crippen LogP contribution in [0.1, 0.15) is 43.7 Å². The largest absolute Gasteiger partial charge is 0.416 e. The lowest BCUT2D eigenvalue weighted by atomic mass is 9.85. The molecule has 2 aliphatic rings. The van der Waals surface area contributed by atoms with Crippen LogP contribution in [0.2, 0.25) is 0 Å². The number of amides is 3. The Balaban J connectivity index is 1.45. The fourth-order valence-corrected chi connectivity index (χ4v) is 5.11. The number of nitrogens with one attached hydrogen (secondary N) is 1. The van der Waals surface area contributed by atoms with Crippen molar-refractivity contribution < 1.29 is 27.6 Å². The smallest absolute Gasteiger partial charge is 0.350 e. The Morgan fingerprint density at radius 3 is 2.38 bits per heavy atom. The van der Waals surface area contributed by atoms with Gasteiger partial charge < -0.3 is 20.0 Å². The zero-order chi connectivity index (χ0) is 26.6. The maximum absolute atomic E-state index is 13.7. The SMILES string of the molecule is CCCC(=O)N1CCC2(CC1)C(=O)N(CC(=O)NCc1cccc(C(F)(F)F)c1)CN2c1ccccc1. The monoisotopic (exact) mass is 516 g/mol. The van der Waals surface area contributed by atoms with Crippen molar-refractivity contribution in [1.29, 1.82) is 0 Å². The maximum atomic E-state index is 13.7. The summed E-state index contributed by atoms with van der Waals surface area (Å²) in [5.41, 5.74) is -0.456. The molecule has 0 radical (unpaired) electrons. The molecular weight excluding hydrogens is 485 g/mol. The minimum atomic E-state index is -4.46. The number of rotatable bonds is 7. The summed E-state index contributed by atoms with van der Waals surface area (Å²) in [6, 6.07) is 14.3. The van der Waals surface area contributed by atoms with E-state index in [1.54, 1.807) is 4.90 Å². The van der Waals surface area contributed by atoms with Crippen molar-refractivity contribution in [2.45, 2.75) is 50.9 Å². The number of anilines is 1. The molecule has 2 aromatic rings. The molecular formula is C27H31F3N4O3. The van der Waals surface area contributed by atoms with Gasteiger partial charge in [-0.25, -0.2) is 0 Å². The number of benzene rings is 2. The molecule has 0 aliphatic carbocycles. The van der Waals surface area contributed by atoms with Gasteiger partial charge in [-0.1, -0.05) is 37.3 Å². The van der Waals surface area contributed by atoms with Crippen molar-refractivity contribution in [3.05, 3.63) is 65.7 Å². The molecule has 2 aliphatic heterocycles. The fraction of sp³-hybridized carbons (Fsp3) is 0.444. The van der Waals surface area contributed by atoms with Crippen molar-refractivity contribution in [3.8, 4) is 0 Å². The summed E-state index contributed by atoms with van der Waals surface area (Å²) in [7, 11) is 0. The van der Waals surface area contributed by atoms with E-state index < -0.39 is 23.2 Å². The van der Waals surface area contributed by atoms with Gasteiger partial charge in [-0.05, 0) is 49.1 Å². The number of para-hydroxylation sites is 1. The number of halogens is 3. The molecule has 1 N–H and O–H groups in total. The highest BCUT2D eigenvalue weighted by molar-refractivity contribution is 5.96. The number of alkyl halides is 3. The molecule has 198 valence electrons. The van der Waals surface area contributed by atoms with E-state index in [1.165, 1.54) is 17.0 Å². The predicted molar refractivity (Wildman–Crippen MR) is 132 cm³/mol. The second-order valence-corrected chi connectivity index (χ2v) is 9.55. The Hall–Kier alpha value is -3.56. The molecule has 4 rings (SSSR count). The van der Waals surface area contributed by atoms with Gasteiger partial charge in [0.15, 0.2) is 0 Å². The minimum Gasteiger partial charge on any atom is -0.350 e. The molecule has 2 saturated heterocycles. The Morgan fingerprint density at radius 1 is 1.03 bits per heavy atom. The van der Waals surface area contributed by atoms with Gasteiger partial charge in [-0.2, -0.15) is 13.2 Å². The molecule has 2 heterocycles. The first-order valence-corrected chi connectivity index (χ1v) is 12.5. The van der Waals surface area contributed by atoms with Crippen molar-refractivity contribution in [3.63, 3.8) is 0 Å². The topological polar surface area (TPSA) is 73.0 Å². The standard InChI is InChI=1S/C27H31F3N4O3/c1-2-7-24(36)32-14-12-26(13-15-32)25(37)33(19-34(26)22-10-4-3-5-11-22)18-23(35)31-17-20-8-6-9-21(16-20)27(28,29)30/h3-6,8-11,16H,2,7,12-15,17-19H2,1H3,(H,31,35).